The zero-order valence-electron chi connectivity index (χ0n) is 13.5. The minimum Gasteiger partial charge on any atom is -0.202 e. The van der Waals surface area contributed by atoms with Gasteiger partial charge >= 0.3 is 6.18 Å². The molecule has 0 aliphatic heterocycles. The predicted octanol–water partition coefficient (Wildman–Crippen LogP) is 6.82. The lowest BCUT2D eigenvalue weighted by atomic mass is 9.76. The molecule has 0 unspecified atom stereocenters. The van der Waals surface area contributed by atoms with Crippen LogP contribution in [0.2, 0.25) is 0 Å². The molecule has 128 valence electrons. The highest BCUT2D eigenvalue weighted by Crippen LogP contribution is 2.38. The third-order valence-corrected chi connectivity index (χ3v) is 5.66. The fourth-order valence-corrected chi connectivity index (χ4v) is 4.03. The van der Waals surface area contributed by atoms with Crippen molar-refractivity contribution in [2.75, 3.05) is 0 Å². The summed E-state index contributed by atoms with van der Waals surface area (Å²) in [7, 11) is 0. The Hall–Kier alpha value is -0.540. The Morgan fingerprint density at radius 3 is 1.77 bits per heavy atom. The average molecular weight is 320 g/mol. The van der Waals surface area contributed by atoms with Gasteiger partial charge in [-0.05, 0) is 55.4 Å². The van der Waals surface area contributed by atoms with Gasteiger partial charge in [0, 0.05) is 0 Å². The number of alkyl halides is 3. The van der Waals surface area contributed by atoms with Crippen LogP contribution in [0.25, 0.3) is 0 Å². The van der Waals surface area contributed by atoms with Crippen molar-refractivity contribution in [3.8, 4) is 0 Å². The number of allylic oxidation sites excluding steroid dienone is 2. The van der Waals surface area contributed by atoms with Crippen molar-refractivity contribution in [3.63, 3.8) is 0 Å². The molecular formula is C18H28F4. The first-order chi connectivity index (χ1) is 10.3. The summed E-state index contributed by atoms with van der Waals surface area (Å²) in [5.41, 5.74) is 0. The maximum atomic E-state index is 13.0. The minimum absolute atomic E-state index is 0.228. The van der Waals surface area contributed by atoms with Crippen LogP contribution in [0.1, 0.15) is 71.1 Å². The van der Waals surface area contributed by atoms with Gasteiger partial charge in [-0.15, -0.1) is 0 Å². The number of halogens is 4. The Labute approximate surface area is 131 Å². The van der Waals surface area contributed by atoms with Crippen molar-refractivity contribution in [3.05, 3.63) is 11.9 Å². The SMILES string of the molecule is CC1CCC(CCC2CCC(C=C(F)C(F)(F)F)CC2)CC1. The maximum absolute atomic E-state index is 13.0. The minimum atomic E-state index is -4.81. The first kappa shape index (κ1) is 17.8. The van der Waals surface area contributed by atoms with E-state index < -0.39 is 12.0 Å². The van der Waals surface area contributed by atoms with E-state index in [0.717, 1.165) is 30.8 Å². The third-order valence-electron chi connectivity index (χ3n) is 5.66. The summed E-state index contributed by atoms with van der Waals surface area (Å²) in [6.07, 6.45) is 7.17. The highest BCUT2D eigenvalue weighted by molar-refractivity contribution is 5.02. The first-order valence-electron chi connectivity index (χ1n) is 8.79. The molecule has 0 aromatic carbocycles. The van der Waals surface area contributed by atoms with E-state index >= 15 is 0 Å². The van der Waals surface area contributed by atoms with Gasteiger partial charge in [0.25, 0.3) is 0 Å². The van der Waals surface area contributed by atoms with Crippen molar-refractivity contribution in [2.45, 2.75) is 77.3 Å². The van der Waals surface area contributed by atoms with E-state index in [1.807, 2.05) is 0 Å². The second kappa shape index (κ2) is 7.83. The molecule has 0 amide bonds. The van der Waals surface area contributed by atoms with E-state index in [1.54, 1.807) is 0 Å². The van der Waals surface area contributed by atoms with Crippen LogP contribution in [0.4, 0.5) is 17.6 Å². The lowest BCUT2D eigenvalue weighted by molar-refractivity contribution is -0.109. The normalized spacial score (nSPS) is 34.7. The van der Waals surface area contributed by atoms with E-state index in [0.29, 0.717) is 18.8 Å². The Bertz CT molecular complexity index is 356. The zero-order valence-corrected chi connectivity index (χ0v) is 13.5. The second-order valence-corrected chi connectivity index (χ2v) is 7.50. The molecule has 0 N–H and O–H groups in total. The van der Waals surface area contributed by atoms with Crippen molar-refractivity contribution in [1.82, 2.24) is 0 Å². The summed E-state index contributed by atoms with van der Waals surface area (Å²) in [6.45, 7) is 2.32. The van der Waals surface area contributed by atoms with Crippen molar-refractivity contribution < 1.29 is 17.6 Å². The molecule has 0 atom stereocenters. The first-order valence-corrected chi connectivity index (χ1v) is 8.79. The number of hydrogen-bond donors (Lipinski definition) is 0. The smallest absolute Gasteiger partial charge is 0.202 e. The summed E-state index contributed by atoms with van der Waals surface area (Å²) >= 11 is 0. The van der Waals surface area contributed by atoms with Crippen LogP contribution in [0.3, 0.4) is 0 Å². The van der Waals surface area contributed by atoms with Gasteiger partial charge in [-0.2, -0.15) is 13.2 Å². The molecule has 0 radical (unpaired) electrons. The molecular weight excluding hydrogens is 292 g/mol. The monoisotopic (exact) mass is 320 g/mol. The quantitative estimate of drug-likeness (QED) is 0.499. The van der Waals surface area contributed by atoms with Gasteiger partial charge in [0.1, 0.15) is 0 Å². The predicted molar refractivity (Wildman–Crippen MR) is 81.1 cm³/mol. The molecule has 0 aromatic rings. The van der Waals surface area contributed by atoms with Gasteiger partial charge in [0.15, 0.2) is 5.83 Å². The van der Waals surface area contributed by atoms with Crippen LogP contribution in [0, 0.1) is 23.7 Å². The Morgan fingerprint density at radius 1 is 0.864 bits per heavy atom. The van der Waals surface area contributed by atoms with E-state index in [2.05, 4.69) is 6.92 Å². The van der Waals surface area contributed by atoms with Crippen LogP contribution >= 0.6 is 0 Å². The molecule has 0 bridgehead atoms. The van der Waals surface area contributed by atoms with Gasteiger partial charge in [0.2, 0.25) is 0 Å². The molecule has 22 heavy (non-hydrogen) atoms. The summed E-state index contributed by atoms with van der Waals surface area (Å²) in [4.78, 5) is 0. The van der Waals surface area contributed by atoms with Crippen molar-refractivity contribution in [1.29, 1.82) is 0 Å². The van der Waals surface area contributed by atoms with E-state index in [4.69, 9.17) is 0 Å². The Kier molecular flexibility index (Phi) is 6.34. The van der Waals surface area contributed by atoms with Crippen LogP contribution in [-0.4, -0.2) is 6.18 Å². The van der Waals surface area contributed by atoms with Gasteiger partial charge < -0.3 is 0 Å². The topological polar surface area (TPSA) is 0 Å². The Morgan fingerprint density at radius 2 is 1.32 bits per heavy atom. The zero-order chi connectivity index (χ0) is 16.2. The molecule has 0 aromatic heterocycles. The van der Waals surface area contributed by atoms with Crippen LogP contribution in [-0.2, 0) is 0 Å². The molecule has 2 aliphatic rings. The molecule has 2 saturated carbocycles. The van der Waals surface area contributed by atoms with Gasteiger partial charge in [-0.1, -0.05) is 45.4 Å². The van der Waals surface area contributed by atoms with Crippen LogP contribution in [0.15, 0.2) is 11.9 Å². The molecule has 2 aliphatic carbocycles. The molecule has 0 nitrogen and oxygen atoms in total. The third kappa shape index (κ3) is 5.58. The van der Waals surface area contributed by atoms with Gasteiger partial charge in [0.05, 0.1) is 0 Å². The van der Waals surface area contributed by atoms with Crippen molar-refractivity contribution >= 4 is 0 Å². The lowest BCUT2D eigenvalue weighted by Crippen LogP contribution is -2.18. The molecule has 0 heterocycles. The van der Waals surface area contributed by atoms with Gasteiger partial charge in [-0.3, -0.25) is 0 Å². The van der Waals surface area contributed by atoms with E-state index in [-0.39, 0.29) is 5.92 Å². The molecule has 4 heteroatoms. The second-order valence-electron chi connectivity index (χ2n) is 7.50. The molecule has 0 spiro atoms. The lowest BCUT2D eigenvalue weighted by Gasteiger charge is -2.30. The standard InChI is InChI=1S/C18H28F4/c1-13-2-4-14(5-3-13)6-7-15-8-10-16(11-9-15)12-17(19)18(20,21)22/h12-16H,2-11H2,1H3. The maximum Gasteiger partial charge on any atom is 0.442 e. The van der Waals surface area contributed by atoms with Crippen LogP contribution < -0.4 is 0 Å². The van der Waals surface area contributed by atoms with Crippen molar-refractivity contribution in [2.24, 2.45) is 23.7 Å². The summed E-state index contributed by atoms with van der Waals surface area (Å²) in [5, 5.41) is 0. The number of rotatable bonds is 4. The van der Waals surface area contributed by atoms with E-state index in [1.165, 1.54) is 38.5 Å². The fraction of sp³-hybridized carbons (Fsp3) is 0.889. The Balaban J connectivity index is 1.67. The highest BCUT2D eigenvalue weighted by atomic mass is 19.4. The summed E-state index contributed by atoms with van der Waals surface area (Å²) < 4.78 is 49.5. The van der Waals surface area contributed by atoms with E-state index in [9.17, 15) is 17.6 Å². The number of hydrogen-bond acceptors (Lipinski definition) is 0. The molecule has 2 rings (SSSR count). The fourth-order valence-electron chi connectivity index (χ4n) is 4.03. The van der Waals surface area contributed by atoms with Crippen LogP contribution in [0.5, 0.6) is 0 Å². The average Bonchev–Trinajstić information content (AvgIpc) is 2.47. The van der Waals surface area contributed by atoms with Gasteiger partial charge in [-0.25, -0.2) is 4.39 Å². The highest BCUT2D eigenvalue weighted by Gasteiger charge is 2.35. The molecule has 2 fully saturated rings. The summed E-state index contributed by atoms with van der Waals surface area (Å²) in [6, 6.07) is 0. The largest absolute Gasteiger partial charge is 0.442 e. The molecule has 0 saturated heterocycles. The summed E-state index contributed by atoms with van der Waals surface area (Å²) in [5.74, 6) is 0.233.